The van der Waals surface area contributed by atoms with E-state index in [2.05, 4.69) is 46.2 Å². The summed E-state index contributed by atoms with van der Waals surface area (Å²) < 4.78 is 18.3. The number of fused-ring (bicyclic) bond motifs is 1. The molecule has 0 radical (unpaired) electrons. The van der Waals surface area contributed by atoms with E-state index in [0.29, 0.717) is 25.6 Å². The first kappa shape index (κ1) is 21.5. The minimum Gasteiger partial charge on any atom is -0.497 e. The van der Waals surface area contributed by atoms with Crippen LogP contribution in [0.15, 0.2) is 67.0 Å². The van der Waals surface area contributed by atoms with Crippen LogP contribution in [0.25, 0.3) is 5.65 Å². The second-order valence-corrected chi connectivity index (χ2v) is 7.46. The molecule has 4 rings (SSSR count). The van der Waals surface area contributed by atoms with E-state index in [4.69, 9.17) is 14.2 Å². The molecule has 2 aromatic carbocycles. The van der Waals surface area contributed by atoms with E-state index in [9.17, 15) is 0 Å². The van der Waals surface area contributed by atoms with Crippen LogP contribution in [-0.4, -0.2) is 35.4 Å². The molecule has 7 nitrogen and oxygen atoms in total. The molecule has 166 valence electrons. The zero-order valence-corrected chi connectivity index (χ0v) is 18.7. The van der Waals surface area contributed by atoms with E-state index in [-0.39, 0.29) is 0 Å². The molecule has 0 atom stereocenters. The molecule has 0 aliphatic rings. The van der Waals surface area contributed by atoms with Gasteiger partial charge in [-0.25, -0.2) is 9.50 Å². The Labute approximate surface area is 188 Å². The van der Waals surface area contributed by atoms with Gasteiger partial charge in [0.25, 0.3) is 0 Å². The number of methoxy groups -OCH3 is 2. The minimum absolute atomic E-state index is 0.585. The molecule has 2 heterocycles. The van der Waals surface area contributed by atoms with Crippen LogP contribution in [0.2, 0.25) is 0 Å². The molecule has 0 aliphatic carbocycles. The quantitative estimate of drug-likeness (QED) is 0.361. The number of hydrogen-bond donors (Lipinski definition) is 0. The molecular formula is C25H28N4O3. The predicted molar refractivity (Wildman–Crippen MR) is 125 cm³/mol. The number of nitrogens with zero attached hydrogens (tertiary/aromatic N) is 4. The van der Waals surface area contributed by atoms with Crippen molar-refractivity contribution in [2.75, 3.05) is 25.7 Å². The number of aromatic nitrogens is 3. The summed E-state index contributed by atoms with van der Waals surface area (Å²) in [5, 5.41) is 4.55. The first-order chi connectivity index (χ1) is 15.7. The highest BCUT2D eigenvalue weighted by Gasteiger charge is 2.17. The van der Waals surface area contributed by atoms with Crippen LogP contribution < -0.4 is 19.1 Å². The van der Waals surface area contributed by atoms with Gasteiger partial charge in [-0.15, -0.1) is 5.10 Å². The van der Waals surface area contributed by atoms with Crippen LogP contribution in [0.4, 0.5) is 5.69 Å². The second-order valence-electron chi connectivity index (χ2n) is 7.46. The van der Waals surface area contributed by atoms with Crippen molar-refractivity contribution in [3.63, 3.8) is 0 Å². The van der Waals surface area contributed by atoms with Crippen molar-refractivity contribution < 1.29 is 14.2 Å². The zero-order chi connectivity index (χ0) is 22.3. The topological polar surface area (TPSA) is 61.1 Å². The summed E-state index contributed by atoms with van der Waals surface area (Å²) in [6.45, 7) is 4.07. The monoisotopic (exact) mass is 432 g/mol. The summed E-state index contributed by atoms with van der Waals surface area (Å²) in [4.78, 5) is 6.85. The zero-order valence-electron chi connectivity index (χ0n) is 18.7. The number of ether oxygens (including phenoxy) is 3. The van der Waals surface area contributed by atoms with E-state index >= 15 is 0 Å². The Morgan fingerprint density at radius 2 is 1.47 bits per heavy atom. The fourth-order valence-electron chi connectivity index (χ4n) is 3.52. The maximum absolute atomic E-state index is 5.87. The predicted octanol–water partition coefficient (Wildman–Crippen LogP) is 4.74. The van der Waals surface area contributed by atoms with Gasteiger partial charge in [-0.3, -0.25) is 0 Å². The van der Waals surface area contributed by atoms with Gasteiger partial charge in [0.2, 0.25) is 5.88 Å². The van der Waals surface area contributed by atoms with E-state index in [1.807, 2.05) is 36.5 Å². The standard InChI is InChI=1S/C25H28N4O3/c1-4-15-32-24-16-23(25-26-13-14-29(25)27-24)28(17-19-5-9-21(30-2)10-6-19)18-20-7-11-22(31-3)12-8-20/h5-14,16H,4,15,17-18H2,1-3H3. The van der Waals surface area contributed by atoms with Gasteiger partial charge in [0.1, 0.15) is 11.5 Å². The Morgan fingerprint density at radius 1 is 0.875 bits per heavy atom. The molecule has 0 aliphatic heterocycles. The third kappa shape index (κ3) is 4.94. The minimum atomic E-state index is 0.585. The normalized spacial score (nSPS) is 10.8. The number of anilines is 1. The van der Waals surface area contributed by atoms with Crippen molar-refractivity contribution in [3.05, 3.63) is 78.1 Å². The molecule has 0 N–H and O–H groups in total. The summed E-state index contributed by atoms with van der Waals surface area (Å²) in [6, 6.07) is 18.2. The summed E-state index contributed by atoms with van der Waals surface area (Å²) in [7, 11) is 3.35. The number of rotatable bonds is 10. The largest absolute Gasteiger partial charge is 0.497 e. The van der Waals surface area contributed by atoms with Crippen molar-refractivity contribution in [2.45, 2.75) is 26.4 Å². The first-order valence-electron chi connectivity index (χ1n) is 10.7. The third-order valence-electron chi connectivity index (χ3n) is 5.18. The molecule has 0 fully saturated rings. The molecule has 0 spiro atoms. The number of imidazole rings is 1. The molecule has 0 unspecified atom stereocenters. The van der Waals surface area contributed by atoms with E-state index in [1.165, 1.54) is 0 Å². The molecule has 2 aromatic heterocycles. The Hall–Kier alpha value is -3.74. The van der Waals surface area contributed by atoms with Crippen LogP contribution in [0.3, 0.4) is 0 Å². The summed E-state index contributed by atoms with van der Waals surface area (Å²) in [5.74, 6) is 2.26. The van der Waals surface area contributed by atoms with Crippen molar-refractivity contribution in [1.82, 2.24) is 14.6 Å². The lowest BCUT2D eigenvalue weighted by Crippen LogP contribution is -2.23. The molecule has 0 saturated carbocycles. The maximum Gasteiger partial charge on any atom is 0.233 e. The van der Waals surface area contributed by atoms with Gasteiger partial charge in [-0.05, 0) is 41.8 Å². The van der Waals surface area contributed by atoms with Crippen LogP contribution in [0, 0.1) is 0 Å². The lowest BCUT2D eigenvalue weighted by atomic mass is 10.1. The van der Waals surface area contributed by atoms with Crippen LogP contribution in [0.5, 0.6) is 17.4 Å². The summed E-state index contributed by atoms with van der Waals surface area (Å²) in [6.07, 6.45) is 4.52. The highest BCUT2D eigenvalue weighted by atomic mass is 16.5. The van der Waals surface area contributed by atoms with Crippen molar-refractivity contribution in [2.24, 2.45) is 0 Å². The van der Waals surface area contributed by atoms with Gasteiger partial charge in [-0.1, -0.05) is 31.2 Å². The maximum atomic E-state index is 5.87. The van der Waals surface area contributed by atoms with Gasteiger partial charge in [-0.2, -0.15) is 0 Å². The average molecular weight is 433 g/mol. The highest BCUT2D eigenvalue weighted by Crippen LogP contribution is 2.28. The summed E-state index contributed by atoms with van der Waals surface area (Å²) >= 11 is 0. The fourth-order valence-corrected chi connectivity index (χ4v) is 3.52. The van der Waals surface area contributed by atoms with Crippen LogP contribution in [-0.2, 0) is 13.1 Å². The summed E-state index contributed by atoms with van der Waals surface area (Å²) in [5.41, 5.74) is 4.08. The van der Waals surface area contributed by atoms with Crippen molar-refractivity contribution >= 4 is 11.3 Å². The molecular weight excluding hydrogens is 404 g/mol. The molecule has 0 bridgehead atoms. The van der Waals surface area contributed by atoms with Crippen LogP contribution in [0.1, 0.15) is 24.5 Å². The first-order valence-corrected chi connectivity index (χ1v) is 10.7. The van der Waals surface area contributed by atoms with Crippen LogP contribution >= 0.6 is 0 Å². The van der Waals surface area contributed by atoms with E-state index in [1.54, 1.807) is 24.9 Å². The smallest absolute Gasteiger partial charge is 0.233 e. The highest BCUT2D eigenvalue weighted by molar-refractivity contribution is 5.69. The number of benzene rings is 2. The molecule has 0 amide bonds. The average Bonchev–Trinajstić information content (AvgIpc) is 3.31. The van der Waals surface area contributed by atoms with Crippen molar-refractivity contribution in [1.29, 1.82) is 0 Å². The molecule has 32 heavy (non-hydrogen) atoms. The van der Waals surface area contributed by atoms with E-state index < -0.39 is 0 Å². The molecule has 4 aromatic rings. The van der Waals surface area contributed by atoms with Crippen molar-refractivity contribution in [3.8, 4) is 17.4 Å². The van der Waals surface area contributed by atoms with Gasteiger partial charge in [0.15, 0.2) is 5.65 Å². The Balaban J connectivity index is 1.72. The molecule has 0 saturated heterocycles. The lowest BCUT2D eigenvalue weighted by molar-refractivity contribution is 0.300. The Bertz CT molecular complexity index is 1090. The van der Waals surface area contributed by atoms with Gasteiger partial charge < -0.3 is 19.1 Å². The third-order valence-corrected chi connectivity index (χ3v) is 5.18. The molecule has 7 heteroatoms. The number of hydrogen-bond acceptors (Lipinski definition) is 6. The second kappa shape index (κ2) is 10.0. The lowest BCUT2D eigenvalue weighted by Gasteiger charge is -2.26. The van der Waals surface area contributed by atoms with Gasteiger partial charge in [0.05, 0.1) is 26.5 Å². The Morgan fingerprint density at radius 3 is 2.00 bits per heavy atom. The SMILES string of the molecule is CCCOc1cc(N(Cc2ccc(OC)cc2)Cc2ccc(OC)cc2)c2nccn2n1. The van der Waals surface area contributed by atoms with E-state index in [0.717, 1.165) is 40.4 Å². The van der Waals surface area contributed by atoms with Gasteiger partial charge >= 0.3 is 0 Å². The van der Waals surface area contributed by atoms with Gasteiger partial charge in [0, 0.05) is 31.5 Å². The Kier molecular flexibility index (Phi) is 6.75. The fraction of sp³-hybridized carbons (Fsp3) is 0.280.